The number of anilines is 1. The van der Waals surface area contributed by atoms with Crippen molar-refractivity contribution in [3.8, 4) is 17.1 Å². The van der Waals surface area contributed by atoms with Crippen molar-refractivity contribution >= 4 is 17.8 Å². The van der Waals surface area contributed by atoms with Crippen molar-refractivity contribution in [2.75, 3.05) is 5.32 Å². The number of carboxylic acid groups (broad SMARTS) is 1. The number of nitrogens with zero attached hydrogens (tertiary/aromatic N) is 6. The topological polar surface area (TPSA) is 171 Å². The van der Waals surface area contributed by atoms with E-state index in [1.54, 1.807) is 17.8 Å². The van der Waals surface area contributed by atoms with E-state index in [0.29, 0.717) is 41.4 Å². The molecule has 1 aliphatic rings. The Balaban J connectivity index is 1.53. The van der Waals surface area contributed by atoms with Crippen LogP contribution in [0.2, 0.25) is 0 Å². The molecule has 202 valence electrons. The number of rotatable bonds is 8. The molecule has 12 nitrogen and oxygen atoms in total. The molecule has 3 aromatic rings. The Labute approximate surface area is 221 Å². The summed E-state index contributed by atoms with van der Waals surface area (Å²) in [6, 6.07) is 5.26. The van der Waals surface area contributed by atoms with Crippen LogP contribution in [0.15, 0.2) is 18.2 Å². The molecule has 4 rings (SSSR count). The molecule has 1 saturated carbocycles. The number of hydrogen-bond acceptors (Lipinski definition) is 9. The highest BCUT2D eigenvalue weighted by molar-refractivity contribution is 5.91. The SMILES string of the molecule is Cc1nc(-c2nnn(C)c2CNc2nc(C(N)=O)cc(C(C)(C)C)n2)ccc1O[C@H]1CCC[C@H](C(=O)O)C1. The lowest BCUT2D eigenvalue weighted by Crippen LogP contribution is -2.29. The summed E-state index contributed by atoms with van der Waals surface area (Å²) in [5, 5.41) is 21.0. The number of amides is 1. The molecule has 0 bridgehead atoms. The zero-order chi connectivity index (χ0) is 27.6. The summed E-state index contributed by atoms with van der Waals surface area (Å²) in [5.74, 6) is -0.868. The average molecular weight is 523 g/mol. The standard InChI is InChI=1S/C26H34N8O4/c1-14-20(38-16-8-6-7-15(11-16)24(36)37)10-9-17(29-14)22-19(34(5)33-32-22)13-28-25-30-18(23(27)35)12-21(31-25)26(2,3)4/h9-10,12,15-16H,6-8,11,13H2,1-5H3,(H2,27,35)(H,36,37)(H,28,30,31)/t15-,16-/m0/s1. The van der Waals surface area contributed by atoms with Gasteiger partial charge in [0.15, 0.2) is 0 Å². The molecule has 0 spiro atoms. The highest BCUT2D eigenvalue weighted by Crippen LogP contribution is 2.30. The third-order valence-electron chi connectivity index (χ3n) is 6.65. The molecule has 0 unspecified atom stereocenters. The lowest BCUT2D eigenvalue weighted by molar-refractivity contribution is -0.143. The minimum atomic E-state index is -0.770. The van der Waals surface area contributed by atoms with Gasteiger partial charge in [0, 0.05) is 12.5 Å². The van der Waals surface area contributed by atoms with Crippen LogP contribution in [-0.2, 0) is 23.8 Å². The van der Waals surface area contributed by atoms with Gasteiger partial charge in [-0.3, -0.25) is 9.59 Å². The highest BCUT2D eigenvalue weighted by atomic mass is 16.5. The predicted octanol–water partition coefficient (Wildman–Crippen LogP) is 3.01. The number of aryl methyl sites for hydroxylation is 2. The Bertz CT molecular complexity index is 1350. The quantitative estimate of drug-likeness (QED) is 0.399. The molecule has 0 aliphatic heterocycles. The van der Waals surface area contributed by atoms with Crippen LogP contribution >= 0.6 is 0 Å². The van der Waals surface area contributed by atoms with Gasteiger partial charge in [-0.1, -0.05) is 26.0 Å². The molecular weight excluding hydrogens is 488 g/mol. The van der Waals surface area contributed by atoms with Crippen LogP contribution < -0.4 is 15.8 Å². The van der Waals surface area contributed by atoms with Crippen molar-refractivity contribution in [2.24, 2.45) is 18.7 Å². The molecule has 1 fully saturated rings. The number of carbonyl (C=O) groups excluding carboxylic acids is 1. The summed E-state index contributed by atoms with van der Waals surface area (Å²) in [4.78, 5) is 36.7. The van der Waals surface area contributed by atoms with E-state index in [2.05, 4.69) is 25.6 Å². The Morgan fingerprint density at radius 2 is 1.97 bits per heavy atom. The van der Waals surface area contributed by atoms with Crippen molar-refractivity contribution in [1.82, 2.24) is 29.9 Å². The second kappa shape index (κ2) is 10.7. The molecule has 1 amide bonds. The zero-order valence-corrected chi connectivity index (χ0v) is 22.4. The average Bonchev–Trinajstić information content (AvgIpc) is 3.23. The summed E-state index contributed by atoms with van der Waals surface area (Å²) < 4.78 is 7.77. The molecular formula is C26H34N8O4. The van der Waals surface area contributed by atoms with Crippen molar-refractivity contribution in [1.29, 1.82) is 0 Å². The largest absolute Gasteiger partial charge is 0.489 e. The summed E-state index contributed by atoms with van der Waals surface area (Å²) in [5.41, 5.74) is 8.63. The van der Waals surface area contributed by atoms with E-state index < -0.39 is 11.9 Å². The van der Waals surface area contributed by atoms with Gasteiger partial charge < -0.3 is 20.9 Å². The van der Waals surface area contributed by atoms with E-state index in [4.69, 9.17) is 15.5 Å². The van der Waals surface area contributed by atoms with Crippen LogP contribution in [0.25, 0.3) is 11.4 Å². The minimum Gasteiger partial charge on any atom is -0.489 e. The monoisotopic (exact) mass is 522 g/mol. The third-order valence-corrected chi connectivity index (χ3v) is 6.65. The second-order valence-corrected chi connectivity index (χ2v) is 10.7. The molecule has 0 aromatic carbocycles. The zero-order valence-electron chi connectivity index (χ0n) is 22.4. The Morgan fingerprint density at radius 1 is 1.21 bits per heavy atom. The first-order valence-corrected chi connectivity index (χ1v) is 12.6. The Hall–Kier alpha value is -4.09. The van der Waals surface area contributed by atoms with E-state index in [1.807, 2.05) is 39.8 Å². The second-order valence-electron chi connectivity index (χ2n) is 10.7. The summed E-state index contributed by atoms with van der Waals surface area (Å²) in [6.45, 7) is 8.11. The lowest BCUT2D eigenvalue weighted by Gasteiger charge is -2.27. The van der Waals surface area contributed by atoms with Gasteiger partial charge in [-0.15, -0.1) is 5.10 Å². The predicted molar refractivity (Wildman–Crippen MR) is 140 cm³/mol. The van der Waals surface area contributed by atoms with Crippen molar-refractivity contribution < 1.29 is 19.4 Å². The van der Waals surface area contributed by atoms with Gasteiger partial charge in [0.05, 0.1) is 41.3 Å². The molecule has 0 saturated heterocycles. The number of aliphatic carboxylic acids is 1. The van der Waals surface area contributed by atoms with Crippen molar-refractivity contribution in [2.45, 2.75) is 71.4 Å². The van der Waals surface area contributed by atoms with Gasteiger partial charge >= 0.3 is 5.97 Å². The summed E-state index contributed by atoms with van der Waals surface area (Å²) >= 11 is 0. The number of ether oxygens (including phenoxy) is 1. The van der Waals surface area contributed by atoms with E-state index in [0.717, 1.165) is 18.5 Å². The number of aromatic nitrogens is 6. The van der Waals surface area contributed by atoms with Gasteiger partial charge in [-0.25, -0.2) is 19.6 Å². The summed E-state index contributed by atoms with van der Waals surface area (Å²) in [7, 11) is 1.78. The van der Waals surface area contributed by atoms with Crippen molar-refractivity contribution in [3.05, 3.63) is 41.0 Å². The van der Waals surface area contributed by atoms with E-state index in [1.165, 1.54) is 0 Å². The smallest absolute Gasteiger partial charge is 0.306 e. The molecule has 3 heterocycles. The number of nitrogens with one attached hydrogen (secondary N) is 1. The maximum Gasteiger partial charge on any atom is 0.306 e. The van der Waals surface area contributed by atoms with Gasteiger partial charge in [-0.05, 0) is 50.8 Å². The van der Waals surface area contributed by atoms with Gasteiger partial charge in [-0.2, -0.15) is 0 Å². The third kappa shape index (κ3) is 6.06. The molecule has 0 radical (unpaired) electrons. The van der Waals surface area contributed by atoms with Crippen molar-refractivity contribution in [3.63, 3.8) is 0 Å². The first-order valence-electron chi connectivity index (χ1n) is 12.6. The number of pyridine rings is 1. The first-order chi connectivity index (χ1) is 17.9. The molecule has 12 heteroatoms. The molecule has 1 aliphatic carbocycles. The highest BCUT2D eigenvalue weighted by Gasteiger charge is 2.28. The lowest BCUT2D eigenvalue weighted by atomic mass is 9.87. The van der Waals surface area contributed by atoms with Crippen LogP contribution in [0, 0.1) is 12.8 Å². The summed E-state index contributed by atoms with van der Waals surface area (Å²) in [6.07, 6.45) is 2.67. The number of primary amides is 1. The number of hydrogen-bond donors (Lipinski definition) is 3. The van der Waals surface area contributed by atoms with Crippen LogP contribution in [0.4, 0.5) is 5.95 Å². The molecule has 4 N–H and O–H groups in total. The minimum absolute atomic E-state index is 0.135. The van der Waals surface area contributed by atoms with E-state index >= 15 is 0 Å². The number of carboxylic acids is 1. The maximum atomic E-state index is 11.8. The molecule has 38 heavy (non-hydrogen) atoms. The van der Waals surface area contributed by atoms with Crippen LogP contribution in [0.5, 0.6) is 5.75 Å². The van der Waals surface area contributed by atoms with Crippen LogP contribution in [0.3, 0.4) is 0 Å². The number of nitrogens with two attached hydrogens (primary N) is 1. The van der Waals surface area contributed by atoms with Gasteiger partial charge in [0.1, 0.15) is 17.1 Å². The molecule has 3 aromatic heterocycles. The fourth-order valence-corrected chi connectivity index (χ4v) is 4.43. The number of carbonyl (C=O) groups is 2. The van der Waals surface area contributed by atoms with E-state index in [-0.39, 0.29) is 35.6 Å². The van der Waals surface area contributed by atoms with Crippen LogP contribution in [-0.4, -0.2) is 53.0 Å². The van der Waals surface area contributed by atoms with Gasteiger partial charge in [0.25, 0.3) is 5.91 Å². The first kappa shape index (κ1) is 27.0. The Morgan fingerprint density at radius 3 is 2.63 bits per heavy atom. The Kier molecular flexibility index (Phi) is 7.61. The normalized spacial score (nSPS) is 17.7. The van der Waals surface area contributed by atoms with Gasteiger partial charge in [0.2, 0.25) is 5.95 Å². The maximum absolute atomic E-state index is 11.8. The molecule has 2 atom stereocenters. The van der Waals surface area contributed by atoms with Crippen LogP contribution in [0.1, 0.15) is 74.0 Å². The van der Waals surface area contributed by atoms with E-state index in [9.17, 15) is 14.7 Å². The fraction of sp³-hybridized carbons (Fsp3) is 0.500. The fourth-order valence-electron chi connectivity index (χ4n) is 4.43.